The molecule has 0 bridgehead atoms. The van der Waals surface area contributed by atoms with Crippen molar-refractivity contribution in [3.05, 3.63) is 0 Å². The normalized spacial score (nSPS) is 20.9. The lowest BCUT2D eigenvalue weighted by molar-refractivity contribution is 0.586. The molecule has 0 aromatic rings. The molecule has 1 saturated carbocycles. The van der Waals surface area contributed by atoms with Crippen LogP contribution in [-0.4, -0.2) is 13.1 Å². The molecule has 0 spiro atoms. The summed E-state index contributed by atoms with van der Waals surface area (Å²) in [5.41, 5.74) is 0. The molecule has 50 valence electrons. The summed E-state index contributed by atoms with van der Waals surface area (Å²) < 4.78 is 0. The van der Waals surface area contributed by atoms with E-state index in [0.29, 0.717) is 6.04 Å². The van der Waals surface area contributed by atoms with Gasteiger partial charge in [0.1, 0.15) is 0 Å². The Kier molecular flexibility index (Phi) is 2.13. The average Bonchev–Trinajstić information content (AvgIpc) is 2.66. The minimum absolute atomic E-state index is 0.317. The highest BCUT2D eigenvalue weighted by atomic mass is 14.9. The third-order valence-electron chi connectivity index (χ3n) is 1.82. The van der Waals surface area contributed by atoms with Crippen LogP contribution < -0.4 is 5.32 Å². The second-order valence-corrected chi connectivity index (χ2v) is 2.69. The monoisotopic (exact) mass is 123 g/mol. The summed E-state index contributed by atoms with van der Waals surface area (Å²) >= 11 is 0. The first-order valence-electron chi connectivity index (χ1n) is 3.50. The lowest BCUT2D eigenvalue weighted by Crippen LogP contribution is -2.23. The molecule has 1 N–H and O–H groups in total. The van der Waals surface area contributed by atoms with Crippen molar-refractivity contribution in [2.75, 3.05) is 7.05 Å². The molecule has 0 amide bonds. The Morgan fingerprint density at radius 3 is 2.78 bits per heavy atom. The number of nitrogens with one attached hydrogen (secondary N) is 1. The second kappa shape index (κ2) is 2.89. The van der Waals surface area contributed by atoms with Crippen LogP contribution >= 0.6 is 0 Å². The zero-order valence-electron chi connectivity index (χ0n) is 5.85. The van der Waals surface area contributed by atoms with E-state index >= 15 is 0 Å². The lowest BCUT2D eigenvalue weighted by Gasteiger charge is -2.05. The minimum Gasteiger partial charge on any atom is -0.307 e. The molecular weight excluding hydrogens is 110 g/mol. The number of rotatable bonds is 3. The predicted molar refractivity (Wildman–Crippen MR) is 39.0 cm³/mol. The van der Waals surface area contributed by atoms with Gasteiger partial charge in [-0.15, -0.1) is 6.42 Å². The largest absolute Gasteiger partial charge is 0.307 e. The van der Waals surface area contributed by atoms with Gasteiger partial charge >= 0.3 is 0 Å². The van der Waals surface area contributed by atoms with E-state index in [9.17, 15) is 0 Å². The Morgan fingerprint density at radius 2 is 2.44 bits per heavy atom. The number of hydrogen-bond acceptors (Lipinski definition) is 1. The summed E-state index contributed by atoms with van der Waals surface area (Å²) in [5, 5.41) is 3.09. The number of terminal acetylenes is 1. The minimum atomic E-state index is 0.317. The van der Waals surface area contributed by atoms with Gasteiger partial charge in [-0.25, -0.2) is 0 Å². The highest BCUT2D eigenvalue weighted by Crippen LogP contribution is 2.33. The molecule has 1 fully saturated rings. The fourth-order valence-electron chi connectivity index (χ4n) is 0.956. The van der Waals surface area contributed by atoms with Gasteiger partial charge in [-0.1, -0.05) is 18.8 Å². The summed E-state index contributed by atoms with van der Waals surface area (Å²) in [6.07, 6.45) is 9.20. The average molecular weight is 123 g/mol. The Balaban J connectivity index is 2.14. The van der Waals surface area contributed by atoms with Crippen LogP contribution in [0.15, 0.2) is 0 Å². The van der Waals surface area contributed by atoms with Gasteiger partial charge in [0.2, 0.25) is 0 Å². The molecule has 1 atom stereocenters. The molecule has 0 saturated heterocycles. The molecule has 0 aromatic heterocycles. The molecule has 1 heteroatoms. The van der Waals surface area contributed by atoms with Crippen LogP contribution in [0.3, 0.4) is 0 Å². The zero-order valence-corrected chi connectivity index (χ0v) is 5.85. The van der Waals surface area contributed by atoms with Crippen molar-refractivity contribution >= 4 is 0 Å². The van der Waals surface area contributed by atoms with Crippen LogP contribution in [0.4, 0.5) is 0 Å². The van der Waals surface area contributed by atoms with Crippen molar-refractivity contribution in [3.63, 3.8) is 0 Å². The van der Waals surface area contributed by atoms with E-state index in [4.69, 9.17) is 6.42 Å². The van der Waals surface area contributed by atoms with Crippen LogP contribution in [0.2, 0.25) is 0 Å². The maximum atomic E-state index is 5.25. The van der Waals surface area contributed by atoms with E-state index in [1.54, 1.807) is 0 Å². The first kappa shape index (κ1) is 6.64. The third kappa shape index (κ3) is 2.07. The molecular formula is C8H13N. The number of hydrogen-bond donors (Lipinski definition) is 1. The van der Waals surface area contributed by atoms with E-state index in [-0.39, 0.29) is 0 Å². The Morgan fingerprint density at radius 1 is 1.78 bits per heavy atom. The van der Waals surface area contributed by atoms with Gasteiger partial charge in [0.25, 0.3) is 0 Å². The first-order chi connectivity index (χ1) is 4.36. The van der Waals surface area contributed by atoms with Crippen LogP contribution in [0.25, 0.3) is 0 Å². The highest BCUT2D eigenvalue weighted by molar-refractivity contribution is 5.00. The highest BCUT2D eigenvalue weighted by Gasteiger charge is 2.23. The van der Waals surface area contributed by atoms with Gasteiger partial charge in [0, 0.05) is 0 Å². The van der Waals surface area contributed by atoms with Crippen molar-refractivity contribution in [1.82, 2.24) is 5.32 Å². The summed E-state index contributed by atoms with van der Waals surface area (Å²) in [7, 11) is 1.92. The van der Waals surface area contributed by atoms with Gasteiger partial charge in [-0.3, -0.25) is 0 Å². The Labute approximate surface area is 56.8 Å². The maximum absolute atomic E-state index is 5.25. The summed E-state index contributed by atoms with van der Waals surface area (Å²) in [6, 6.07) is 0.317. The molecule has 1 aliphatic rings. The summed E-state index contributed by atoms with van der Waals surface area (Å²) in [4.78, 5) is 0. The molecule has 1 rings (SSSR count). The van der Waals surface area contributed by atoms with E-state index in [2.05, 4.69) is 11.2 Å². The molecule has 0 heterocycles. The van der Waals surface area contributed by atoms with Crippen LogP contribution in [0.1, 0.15) is 19.3 Å². The molecule has 0 aromatic carbocycles. The van der Waals surface area contributed by atoms with Gasteiger partial charge < -0.3 is 5.32 Å². The van der Waals surface area contributed by atoms with Gasteiger partial charge in [0.05, 0.1) is 6.04 Å². The summed E-state index contributed by atoms with van der Waals surface area (Å²) in [5.74, 6) is 3.64. The Bertz CT molecular complexity index is 119. The van der Waals surface area contributed by atoms with E-state index in [0.717, 1.165) is 5.92 Å². The van der Waals surface area contributed by atoms with Crippen molar-refractivity contribution in [2.24, 2.45) is 5.92 Å². The molecule has 1 unspecified atom stereocenters. The van der Waals surface area contributed by atoms with Crippen LogP contribution in [-0.2, 0) is 0 Å². The molecule has 1 nitrogen and oxygen atoms in total. The third-order valence-corrected chi connectivity index (χ3v) is 1.82. The van der Waals surface area contributed by atoms with Crippen molar-refractivity contribution in [1.29, 1.82) is 0 Å². The van der Waals surface area contributed by atoms with Gasteiger partial charge in [0.15, 0.2) is 0 Å². The van der Waals surface area contributed by atoms with Crippen LogP contribution in [0, 0.1) is 18.3 Å². The van der Waals surface area contributed by atoms with Crippen molar-refractivity contribution in [3.8, 4) is 12.3 Å². The van der Waals surface area contributed by atoms with Crippen molar-refractivity contribution in [2.45, 2.75) is 25.3 Å². The van der Waals surface area contributed by atoms with E-state index in [1.807, 2.05) is 7.05 Å². The predicted octanol–water partition coefficient (Wildman–Crippen LogP) is 1.01. The second-order valence-electron chi connectivity index (χ2n) is 2.69. The van der Waals surface area contributed by atoms with E-state index in [1.165, 1.54) is 19.3 Å². The molecule has 1 aliphatic carbocycles. The molecule has 9 heavy (non-hydrogen) atoms. The molecule has 0 radical (unpaired) electrons. The maximum Gasteiger partial charge on any atom is 0.0687 e. The fourth-order valence-corrected chi connectivity index (χ4v) is 0.956. The smallest absolute Gasteiger partial charge is 0.0687 e. The first-order valence-corrected chi connectivity index (χ1v) is 3.50. The van der Waals surface area contributed by atoms with E-state index < -0.39 is 0 Å². The lowest BCUT2D eigenvalue weighted by atomic mass is 10.1. The quantitative estimate of drug-likeness (QED) is 0.552. The van der Waals surface area contributed by atoms with Crippen molar-refractivity contribution < 1.29 is 0 Å². The standard InChI is InChI=1S/C8H13N/c1-3-8(9-2)6-7-4-5-7/h1,7-9H,4-6H2,2H3. The van der Waals surface area contributed by atoms with Gasteiger partial charge in [-0.05, 0) is 19.4 Å². The SMILES string of the molecule is C#CC(CC1CC1)NC. The van der Waals surface area contributed by atoms with Crippen LogP contribution in [0.5, 0.6) is 0 Å². The van der Waals surface area contributed by atoms with Gasteiger partial charge in [-0.2, -0.15) is 0 Å². The Hall–Kier alpha value is -0.480. The fraction of sp³-hybridized carbons (Fsp3) is 0.750. The zero-order chi connectivity index (χ0) is 6.69. The topological polar surface area (TPSA) is 12.0 Å². The molecule has 0 aliphatic heterocycles. The summed E-state index contributed by atoms with van der Waals surface area (Å²) in [6.45, 7) is 0.